The van der Waals surface area contributed by atoms with Crippen LogP contribution in [0.25, 0.3) is 0 Å². The molecule has 1 unspecified atom stereocenters. The minimum atomic E-state index is -0.785. The summed E-state index contributed by atoms with van der Waals surface area (Å²) in [6.07, 6.45) is 5.42. The SMILES string of the molecule is Cc1occc1SCCCC(C)(NC1CC1)C(=O)O. The van der Waals surface area contributed by atoms with Crippen LogP contribution in [0.15, 0.2) is 21.6 Å². The van der Waals surface area contributed by atoms with Gasteiger partial charge in [-0.2, -0.15) is 0 Å². The molecule has 1 aliphatic rings. The molecule has 0 bridgehead atoms. The van der Waals surface area contributed by atoms with Crippen molar-refractivity contribution < 1.29 is 14.3 Å². The standard InChI is InChI=1S/C14H21NO3S/c1-10-12(6-8-18-10)19-9-3-7-14(2,13(16)17)15-11-4-5-11/h6,8,11,15H,3-5,7,9H2,1-2H3,(H,16,17). The quantitative estimate of drug-likeness (QED) is 0.567. The molecule has 5 heteroatoms. The van der Waals surface area contributed by atoms with Gasteiger partial charge in [0.25, 0.3) is 0 Å². The first kappa shape index (κ1) is 14.5. The predicted octanol–water partition coefficient (Wildman–Crippen LogP) is 3.06. The second-order valence-corrected chi connectivity index (χ2v) is 6.49. The van der Waals surface area contributed by atoms with E-state index >= 15 is 0 Å². The van der Waals surface area contributed by atoms with Crippen LogP contribution in [0.5, 0.6) is 0 Å². The van der Waals surface area contributed by atoms with E-state index in [1.165, 1.54) is 0 Å². The molecule has 1 heterocycles. The molecule has 0 aliphatic heterocycles. The average Bonchev–Trinajstić information content (AvgIpc) is 3.06. The van der Waals surface area contributed by atoms with Crippen LogP contribution in [0.4, 0.5) is 0 Å². The lowest BCUT2D eigenvalue weighted by Crippen LogP contribution is -2.50. The highest BCUT2D eigenvalue weighted by atomic mass is 32.2. The summed E-state index contributed by atoms with van der Waals surface area (Å²) in [6.45, 7) is 3.74. The first-order chi connectivity index (χ1) is 9.01. The van der Waals surface area contributed by atoms with Crippen LogP contribution in [0.1, 0.15) is 38.4 Å². The van der Waals surface area contributed by atoms with Crippen molar-refractivity contribution in [3.8, 4) is 0 Å². The van der Waals surface area contributed by atoms with Crippen LogP contribution >= 0.6 is 11.8 Å². The van der Waals surface area contributed by atoms with Gasteiger partial charge in [-0.1, -0.05) is 0 Å². The van der Waals surface area contributed by atoms with Gasteiger partial charge in [0.2, 0.25) is 0 Å². The highest BCUT2D eigenvalue weighted by Gasteiger charge is 2.37. The van der Waals surface area contributed by atoms with Gasteiger partial charge in [-0.05, 0) is 51.3 Å². The highest BCUT2D eigenvalue weighted by Crippen LogP contribution is 2.28. The lowest BCUT2D eigenvalue weighted by Gasteiger charge is -2.26. The molecule has 0 radical (unpaired) electrons. The first-order valence-electron chi connectivity index (χ1n) is 6.69. The number of hydrogen-bond acceptors (Lipinski definition) is 4. The van der Waals surface area contributed by atoms with Gasteiger partial charge < -0.3 is 9.52 Å². The number of carboxylic acid groups (broad SMARTS) is 1. The van der Waals surface area contributed by atoms with Crippen molar-refractivity contribution in [2.75, 3.05) is 5.75 Å². The van der Waals surface area contributed by atoms with Crippen molar-refractivity contribution in [3.05, 3.63) is 18.1 Å². The number of aryl methyl sites for hydroxylation is 1. The predicted molar refractivity (Wildman–Crippen MR) is 75.6 cm³/mol. The van der Waals surface area contributed by atoms with E-state index in [0.29, 0.717) is 12.5 Å². The largest absolute Gasteiger partial charge is 0.480 e. The van der Waals surface area contributed by atoms with Crippen molar-refractivity contribution in [3.63, 3.8) is 0 Å². The minimum absolute atomic E-state index is 0.407. The average molecular weight is 283 g/mol. The van der Waals surface area contributed by atoms with E-state index in [4.69, 9.17) is 4.42 Å². The molecule has 0 spiro atoms. The van der Waals surface area contributed by atoms with Gasteiger partial charge in [0.1, 0.15) is 11.3 Å². The van der Waals surface area contributed by atoms with E-state index in [0.717, 1.165) is 35.7 Å². The molecule has 0 aromatic carbocycles. The lowest BCUT2D eigenvalue weighted by atomic mass is 9.96. The Balaban J connectivity index is 1.76. The number of thioether (sulfide) groups is 1. The molecule has 4 nitrogen and oxygen atoms in total. The zero-order valence-electron chi connectivity index (χ0n) is 11.4. The number of carboxylic acids is 1. The van der Waals surface area contributed by atoms with Crippen molar-refractivity contribution >= 4 is 17.7 Å². The Hall–Kier alpha value is -0.940. The number of aliphatic carboxylic acids is 1. The third kappa shape index (κ3) is 4.01. The zero-order chi connectivity index (χ0) is 13.9. The Morgan fingerprint density at radius 2 is 2.37 bits per heavy atom. The Kier molecular flexibility index (Phi) is 4.58. The normalized spacial score (nSPS) is 18.2. The summed E-state index contributed by atoms with van der Waals surface area (Å²) in [7, 11) is 0. The van der Waals surface area contributed by atoms with E-state index in [9.17, 15) is 9.90 Å². The van der Waals surface area contributed by atoms with E-state index in [-0.39, 0.29) is 0 Å². The summed E-state index contributed by atoms with van der Waals surface area (Å²) in [6, 6.07) is 2.36. The van der Waals surface area contributed by atoms with Gasteiger partial charge in [0.05, 0.1) is 6.26 Å². The first-order valence-corrected chi connectivity index (χ1v) is 7.68. The highest BCUT2D eigenvalue weighted by molar-refractivity contribution is 7.99. The van der Waals surface area contributed by atoms with E-state index in [1.54, 1.807) is 24.9 Å². The van der Waals surface area contributed by atoms with E-state index in [2.05, 4.69) is 5.32 Å². The maximum absolute atomic E-state index is 11.4. The molecule has 106 valence electrons. The third-order valence-corrected chi connectivity index (χ3v) is 4.69. The minimum Gasteiger partial charge on any atom is -0.480 e. The second kappa shape index (κ2) is 6.01. The summed E-state index contributed by atoms with van der Waals surface area (Å²) in [5, 5.41) is 12.6. The van der Waals surface area contributed by atoms with E-state index in [1.807, 2.05) is 13.0 Å². The van der Waals surface area contributed by atoms with Gasteiger partial charge in [-0.15, -0.1) is 11.8 Å². The molecule has 2 N–H and O–H groups in total. The summed E-state index contributed by atoms with van der Waals surface area (Å²) in [4.78, 5) is 12.5. The maximum Gasteiger partial charge on any atom is 0.323 e. The molecule has 0 amide bonds. The fourth-order valence-electron chi connectivity index (χ4n) is 2.05. The van der Waals surface area contributed by atoms with Crippen LogP contribution in [0, 0.1) is 6.92 Å². The van der Waals surface area contributed by atoms with Crippen molar-refractivity contribution in [1.82, 2.24) is 5.32 Å². The van der Waals surface area contributed by atoms with Crippen molar-refractivity contribution in [1.29, 1.82) is 0 Å². The lowest BCUT2D eigenvalue weighted by molar-refractivity contribution is -0.144. The Morgan fingerprint density at radius 1 is 1.63 bits per heavy atom. The Labute approximate surface area is 117 Å². The molecule has 1 atom stereocenters. The van der Waals surface area contributed by atoms with Gasteiger partial charge in [-0.3, -0.25) is 10.1 Å². The van der Waals surface area contributed by atoms with Crippen LogP contribution < -0.4 is 5.32 Å². The summed E-state index contributed by atoms with van der Waals surface area (Å²) < 4.78 is 5.23. The molecule has 1 fully saturated rings. The molecule has 2 rings (SSSR count). The molecule has 1 aliphatic carbocycles. The van der Waals surface area contributed by atoms with Crippen molar-refractivity contribution in [2.45, 2.75) is 56.0 Å². The molecule has 1 saturated carbocycles. The zero-order valence-corrected chi connectivity index (χ0v) is 12.3. The molecule has 1 aromatic rings. The number of hydrogen-bond donors (Lipinski definition) is 2. The number of carbonyl (C=O) groups is 1. The second-order valence-electron chi connectivity index (χ2n) is 5.35. The monoisotopic (exact) mass is 283 g/mol. The van der Waals surface area contributed by atoms with Gasteiger partial charge in [-0.25, -0.2) is 0 Å². The molecular weight excluding hydrogens is 262 g/mol. The van der Waals surface area contributed by atoms with E-state index < -0.39 is 11.5 Å². The Bertz CT molecular complexity index is 442. The molecular formula is C14H21NO3S. The van der Waals surface area contributed by atoms with Crippen LogP contribution in [0.2, 0.25) is 0 Å². The van der Waals surface area contributed by atoms with Crippen LogP contribution in [0.3, 0.4) is 0 Å². The fourth-order valence-corrected chi connectivity index (χ4v) is 2.96. The smallest absolute Gasteiger partial charge is 0.323 e. The molecule has 0 saturated heterocycles. The number of nitrogens with one attached hydrogen (secondary N) is 1. The van der Waals surface area contributed by atoms with Crippen LogP contribution in [-0.4, -0.2) is 28.4 Å². The summed E-state index contributed by atoms with van der Waals surface area (Å²) >= 11 is 1.73. The topological polar surface area (TPSA) is 62.5 Å². The molecule has 1 aromatic heterocycles. The third-order valence-electron chi connectivity index (χ3n) is 3.46. The van der Waals surface area contributed by atoms with Gasteiger partial charge in [0.15, 0.2) is 0 Å². The number of rotatable bonds is 8. The molecule has 19 heavy (non-hydrogen) atoms. The van der Waals surface area contributed by atoms with Crippen molar-refractivity contribution in [2.24, 2.45) is 0 Å². The maximum atomic E-state index is 11.4. The van der Waals surface area contributed by atoms with Gasteiger partial charge in [0, 0.05) is 10.9 Å². The Morgan fingerprint density at radius 3 is 2.89 bits per heavy atom. The fraction of sp³-hybridized carbons (Fsp3) is 0.643. The number of furan rings is 1. The summed E-state index contributed by atoms with van der Waals surface area (Å²) in [5.74, 6) is 1.10. The summed E-state index contributed by atoms with van der Waals surface area (Å²) in [5.41, 5.74) is -0.785. The van der Waals surface area contributed by atoms with Crippen LogP contribution in [-0.2, 0) is 4.79 Å². The van der Waals surface area contributed by atoms with Gasteiger partial charge >= 0.3 is 5.97 Å².